The Balaban J connectivity index is 2.10. The van der Waals surface area contributed by atoms with E-state index in [-0.39, 0.29) is 0 Å². The van der Waals surface area contributed by atoms with Crippen LogP contribution in [0.4, 0.5) is 0 Å². The maximum atomic E-state index is 10.5. The van der Waals surface area contributed by atoms with Crippen molar-refractivity contribution in [2.24, 2.45) is 5.92 Å². The van der Waals surface area contributed by atoms with Crippen molar-refractivity contribution >= 4 is 0 Å². The third-order valence-corrected chi connectivity index (χ3v) is 3.51. The van der Waals surface area contributed by atoms with Gasteiger partial charge < -0.3 is 5.11 Å². The predicted molar refractivity (Wildman–Crippen MR) is 51.4 cm³/mol. The minimum atomic E-state index is -0.462. The summed E-state index contributed by atoms with van der Waals surface area (Å²) in [6.45, 7) is 0. The number of aliphatic hydroxyl groups is 1. The fraction of sp³-hybridized carbons (Fsp3) is 0.500. The molecule has 68 valence electrons. The number of benzene rings is 1. The molecule has 3 rings (SSSR count). The van der Waals surface area contributed by atoms with Crippen LogP contribution in [0.2, 0.25) is 0 Å². The van der Waals surface area contributed by atoms with E-state index >= 15 is 0 Å². The Morgan fingerprint density at radius 3 is 2.77 bits per heavy atom. The third-order valence-electron chi connectivity index (χ3n) is 3.51. The Hall–Kier alpha value is -0.820. The zero-order valence-electron chi connectivity index (χ0n) is 7.66. The molecule has 1 N–H and O–H groups in total. The van der Waals surface area contributed by atoms with Crippen LogP contribution in [0.25, 0.3) is 0 Å². The lowest BCUT2D eigenvalue weighted by atomic mass is 9.91. The van der Waals surface area contributed by atoms with Gasteiger partial charge in [-0.25, -0.2) is 0 Å². The van der Waals surface area contributed by atoms with Crippen molar-refractivity contribution in [2.45, 2.75) is 31.3 Å². The van der Waals surface area contributed by atoms with E-state index in [9.17, 15) is 5.11 Å². The minimum Gasteiger partial charge on any atom is -0.385 e. The molecule has 0 bridgehead atoms. The first-order chi connectivity index (χ1) is 6.31. The molecule has 1 atom stereocenters. The van der Waals surface area contributed by atoms with Gasteiger partial charge in [-0.3, -0.25) is 0 Å². The van der Waals surface area contributed by atoms with E-state index in [1.165, 1.54) is 24.0 Å². The van der Waals surface area contributed by atoms with Crippen LogP contribution in [0.3, 0.4) is 0 Å². The van der Waals surface area contributed by atoms with Gasteiger partial charge >= 0.3 is 0 Å². The van der Waals surface area contributed by atoms with Crippen LogP contribution in [0.1, 0.15) is 30.4 Å². The van der Waals surface area contributed by atoms with Gasteiger partial charge in [0.05, 0.1) is 5.60 Å². The van der Waals surface area contributed by atoms with Gasteiger partial charge in [0, 0.05) is 0 Å². The molecule has 1 aromatic rings. The second-order valence-electron chi connectivity index (χ2n) is 4.36. The first-order valence-corrected chi connectivity index (χ1v) is 5.11. The quantitative estimate of drug-likeness (QED) is 0.692. The molecule has 1 heteroatoms. The van der Waals surface area contributed by atoms with Crippen LogP contribution in [0.5, 0.6) is 0 Å². The number of hydrogen-bond acceptors (Lipinski definition) is 1. The number of aryl methyl sites for hydroxylation is 1. The van der Waals surface area contributed by atoms with Crippen LogP contribution in [0, 0.1) is 5.92 Å². The lowest BCUT2D eigenvalue weighted by Crippen LogP contribution is -2.24. The summed E-state index contributed by atoms with van der Waals surface area (Å²) in [5.41, 5.74) is 2.10. The molecule has 0 radical (unpaired) electrons. The highest BCUT2D eigenvalue weighted by Crippen LogP contribution is 2.52. The molecule has 0 saturated heterocycles. The van der Waals surface area contributed by atoms with Crippen LogP contribution in [-0.2, 0) is 12.0 Å². The molecular weight excluding hydrogens is 160 g/mol. The Morgan fingerprint density at radius 1 is 1.23 bits per heavy atom. The number of rotatable bonds is 1. The average molecular weight is 174 g/mol. The summed E-state index contributed by atoms with van der Waals surface area (Å²) in [6.07, 6.45) is 4.43. The highest BCUT2D eigenvalue weighted by Gasteiger charge is 2.48. The molecule has 1 fully saturated rings. The largest absolute Gasteiger partial charge is 0.385 e. The number of hydrogen-bond donors (Lipinski definition) is 1. The predicted octanol–water partition coefficient (Wildman–Crippen LogP) is 2.23. The molecule has 0 amide bonds. The van der Waals surface area contributed by atoms with Crippen molar-refractivity contribution in [2.75, 3.05) is 0 Å². The van der Waals surface area contributed by atoms with E-state index in [0.29, 0.717) is 5.92 Å². The molecule has 2 aliphatic carbocycles. The lowest BCUT2D eigenvalue weighted by Gasteiger charge is -2.23. The van der Waals surface area contributed by atoms with Gasteiger partial charge in [0.25, 0.3) is 0 Å². The molecule has 1 saturated carbocycles. The first-order valence-electron chi connectivity index (χ1n) is 5.11. The summed E-state index contributed by atoms with van der Waals surface area (Å²) in [5.74, 6) is 0.552. The van der Waals surface area contributed by atoms with E-state index in [4.69, 9.17) is 0 Å². The molecule has 1 aromatic carbocycles. The molecular formula is C12H14O. The summed E-state index contributed by atoms with van der Waals surface area (Å²) in [4.78, 5) is 0. The lowest BCUT2D eigenvalue weighted by molar-refractivity contribution is 0.0150. The molecule has 2 aliphatic rings. The summed E-state index contributed by atoms with van der Waals surface area (Å²) in [7, 11) is 0. The summed E-state index contributed by atoms with van der Waals surface area (Å²) in [6, 6.07) is 8.35. The second-order valence-corrected chi connectivity index (χ2v) is 4.36. The molecule has 13 heavy (non-hydrogen) atoms. The van der Waals surface area contributed by atoms with Gasteiger partial charge in [-0.15, -0.1) is 0 Å². The third kappa shape index (κ3) is 0.969. The molecule has 0 heterocycles. The van der Waals surface area contributed by atoms with Crippen molar-refractivity contribution < 1.29 is 5.11 Å². The van der Waals surface area contributed by atoms with Crippen LogP contribution in [0.15, 0.2) is 24.3 Å². The maximum absolute atomic E-state index is 10.5. The maximum Gasteiger partial charge on any atom is 0.0930 e. The van der Waals surface area contributed by atoms with Crippen molar-refractivity contribution in [3.05, 3.63) is 35.4 Å². The van der Waals surface area contributed by atoms with E-state index in [1.54, 1.807) is 0 Å². The van der Waals surface area contributed by atoms with Crippen LogP contribution >= 0.6 is 0 Å². The summed E-state index contributed by atoms with van der Waals surface area (Å²) in [5, 5.41) is 10.5. The van der Waals surface area contributed by atoms with Crippen LogP contribution < -0.4 is 0 Å². The first kappa shape index (κ1) is 7.57. The fourth-order valence-electron chi connectivity index (χ4n) is 2.61. The Bertz CT molecular complexity index is 341. The Kier molecular flexibility index (Phi) is 1.37. The second kappa shape index (κ2) is 2.36. The van der Waals surface area contributed by atoms with Crippen LogP contribution in [-0.4, -0.2) is 5.11 Å². The standard InChI is InChI=1S/C12H14O/c13-12(10-5-6-10)8-7-9-3-1-2-4-11(9)12/h1-4,10,13H,5-8H2. The highest BCUT2D eigenvalue weighted by molar-refractivity contribution is 5.38. The zero-order chi connectivity index (χ0) is 8.89. The summed E-state index contributed by atoms with van der Waals surface area (Å²) >= 11 is 0. The molecule has 0 aromatic heterocycles. The van der Waals surface area contributed by atoms with Crippen molar-refractivity contribution in [3.8, 4) is 0 Å². The minimum absolute atomic E-state index is 0.462. The molecule has 1 nitrogen and oxygen atoms in total. The van der Waals surface area contributed by atoms with Crippen molar-refractivity contribution in [3.63, 3.8) is 0 Å². The van der Waals surface area contributed by atoms with Gasteiger partial charge in [-0.2, -0.15) is 0 Å². The smallest absolute Gasteiger partial charge is 0.0930 e. The SMILES string of the molecule is OC1(C2CC2)CCc2ccccc21. The molecule has 1 unspecified atom stereocenters. The fourth-order valence-corrected chi connectivity index (χ4v) is 2.61. The average Bonchev–Trinajstić information content (AvgIpc) is 2.95. The van der Waals surface area contributed by atoms with E-state index in [1.807, 2.05) is 6.07 Å². The monoisotopic (exact) mass is 174 g/mol. The van der Waals surface area contributed by atoms with E-state index < -0.39 is 5.60 Å². The van der Waals surface area contributed by atoms with Gasteiger partial charge in [0.2, 0.25) is 0 Å². The summed E-state index contributed by atoms with van der Waals surface area (Å²) < 4.78 is 0. The van der Waals surface area contributed by atoms with Gasteiger partial charge in [-0.1, -0.05) is 24.3 Å². The highest BCUT2D eigenvalue weighted by atomic mass is 16.3. The molecule has 0 aliphatic heterocycles. The Labute approximate surface area is 78.4 Å². The Morgan fingerprint density at radius 2 is 2.00 bits per heavy atom. The topological polar surface area (TPSA) is 20.2 Å². The van der Waals surface area contributed by atoms with E-state index in [2.05, 4.69) is 18.2 Å². The van der Waals surface area contributed by atoms with Crippen molar-refractivity contribution in [1.29, 1.82) is 0 Å². The van der Waals surface area contributed by atoms with Gasteiger partial charge in [-0.05, 0) is 42.7 Å². The van der Waals surface area contributed by atoms with Gasteiger partial charge in [0.1, 0.15) is 0 Å². The molecule has 0 spiro atoms. The normalized spacial score (nSPS) is 31.8. The zero-order valence-corrected chi connectivity index (χ0v) is 7.66. The number of fused-ring (bicyclic) bond motifs is 1. The van der Waals surface area contributed by atoms with E-state index in [0.717, 1.165) is 12.8 Å². The van der Waals surface area contributed by atoms with Gasteiger partial charge in [0.15, 0.2) is 0 Å². The van der Waals surface area contributed by atoms with Crippen molar-refractivity contribution in [1.82, 2.24) is 0 Å².